The van der Waals surface area contributed by atoms with Crippen LogP contribution in [0.25, 0.3) is 0 Å². The highest BCUT2D eigenvalue weighted by Gasteiger charge is 2.64. The molecule has 5 heteroatoms. The number of aromatic nitrogens is 1. The number of hydrogen-bond donors (Lipinski definition) is 1. The Morgan fingerprint density at radius 1 is 1.00 bits per heavy atom. The van der Waals surface area contributed by atoms with Gasteiger partial charge >= 0.3 is 0 Å². The maximum absolute atomic E-state index is 13.5. The molecule has 1 aliphatic carbocycles. The number of aryl methyl sites for hydroxylation is 1. The predicted octanol–water partition coefficient (Wildman–Crippen LogP) is 5.75. The normalized spacial score (nSPS) is 18.9. The number of nitrogens with zero attached hydrogens (tertiary/aromatic N) is 1. The first kappa shape index (κ1) is 22.8. The number of hydrogen-bond acceptors (Lipinski definition) is 2. The lowest BCUT2D eigenvalue weighted by atomic mass is 9.80. The lowest BCUT2D eigenvalue weighted by Crippen LogP contribution is -2.23. The van der Waals surface area contributed by atoms with Gasteiger partial charge in [0, 0.05) is 29.8 Å². The fourth-order valence-corrected chi connectivity index (χ4v) is 4.74. The van der Waals surface area contributed by atoms with Crippen LogP contribution in [0.2, 0.25) is 0 Å². The molecule has 1 amide bonds. The van der Waals surface area contributed by atoms with Gasteiger partial charge in [0.1, 0.15) is 11.6 Å². The average molecular weight is 447 g/mol. The van der Waals surface area contributed by atoms with E-state index in [9.17, 15) is 13.6 Å². The molecule has 1 aliphatic rings. The number of unbranched alkanes of at least 4 members (excludes halogenated alkanes) is 1. The lowest BCUT2D eigenvalue weighted by molar-refractivity contribution is -0.116. The van der Waals surface area contributed by atoms with Crippen molar-refractivity contribution in [3.63, 3.8) is 0 Å². The summed E-state index contributed by atoms with van der Waals surface area (Å²) in [5.41, 5.74) is 2.36. The number of rotatable bonds is 9. The summed E-state index contributed by atoms with van der Waals surface area (Å²) in [4.78, 5) is 16.5. The van der Waals surface area contributed by atoms with Gasteiger partial charge in [-0.05, 0) is 78.8 Å². The maximum atomic E-state index is 13.5. The van der Waals surface area contributed by atoms with Crippen LogP contribution >= 0.6 is 0 Å². The van der Waals surface area contributed by atoms with Crippen molar-refractivity contribution in [2.45, 2.75) is 38.0 Å². The molecule has 0 aliphatic heterocycles. The van der Waals surface area contributed by atoms with Gasteiger partial charge in [0.05, 0.1) is 0 Å². The third-order valence-corrected chi connectivity index (χ3v) is 6.67. The van der Waals surface area contributed by atoms with Crippen LogP contribution in [0.5, 0.6) is 0 Å². The van der Waals surface area contributed by atoms with E-state index in [2.05, 4.69) is 23.3 Å². The summed E-state index contributed by atoms with van der Waals surface area (Å²) in [7, 11) is 0. The molecule has 4 rings (SSSR count). The van der Waals surface area contributed by atoms with Gasteiger partial charge in [-0.3, -0.25) is 9.78 Å². The van der Waals surface area contributed by atoms with Crippen LogP contribution in [0.4, 0.5) is 8.78 Å². The second kappa shape index (κ2) is 9.65. The smallest absolute Gasteiger partial charge is 0.243 e. The Kier molecular flexibility index (Phi) is 6.68. The average Bonchev–Trinajstić information content (AvgIpc) is 3.45. The van der Waals surface area contributed by atoms with E-state index in [1.54, 1.807) is 36.5 Å². The number of carbonyl (C=O) groups excluding carboxylic acids is 1. The number of pyridine rings is 1. The molecule has 3 nitrogen and oxygen atoms in total. The highest BCUT2D eigenvalue weighted by molar-refractivity contribution is 5.87. The van der Waals surface area contributed by atoms with Crippen LogP contribution in [-0.4, -0.2) is 17.4 Å². The zero-order valence-electron chi connectivity index (χ0n) is 18.7. The number of carbonyl (C=O) groups is 1. The molecule has 1 aromatic heterocycles. The number of nitrogens with one attached hydrogen (secondary N) is 1. The van der Waals surface area contributed by atoms with Gasteiger partial charge in [0.25, 0.3) is 0 Å². The minimum atomic E-state index is -0.422. The summed E-state index contributed by atoms with van der Waals surface area (Å²) in [6.07, 6.45) is 10.7. The molecule has 33 heavy (non-hydrogen) atoms. The lowest BCUT2D eigenvalue weighted by Gasteiger charge is -2.23. The fraction of sp³-hybridized carbons (Fsp3) is 0.286. The number of allylic oxidation sites excluding steroid dienone is 1. The zero-order valence-corrected chi connectivity index (χ0v) is 18.7. The first-order chi connectivity index (χ1) is 15.9. The Labute approximate surface area is 193 Å². The first-order valence-electron chi connectivity index (χ1n) is 11.3. The molecule has 0 unspecified atom stereocenters. The maximum Gasteiger partial charge on any atom is 0.243 e. The molecule has 3 aromatic rings. The van der Waals surface area contributed by atoms with Crippen LogP contribution in [0.1, 0.15) is 42.9 Å². The van der Waals surface area contributed by atoms with Crippen LogP contribution in [0, 0.1) is 17.0 Å². The third-order valence-electron chi connectivity index (χ3n) is 6.67. The van der Waals surface area contributed by atoms with E-state index in [0.29, 0.717) is 6.54 Å². The Hall–Kier alpha value is -3.34. The second-order valence-corrected chi connectivity index (χ2v) is 8.96. The molecule has 0 radical (unpaired) electrons. The molecule has 1 fully saturated rings. The predicted molar refractivity (Wildman–Crippen MR) is 126 cm³/mol. The van der Waals surface area contributed by atoms with Gasteiger partial charge in [-0.25, -0.2) is 8.78 Å². The minimum Gasteiger partial charge on any atom is -0.353 e. The number of amides is 1. The van der Waals surface area contributed by atoms with E-state index in [-0.39, 0.29) is 23.0 Å². The summed E-state index contributed by atoms with van der Waals surface area (Å²) in [5, 5.41) is 2.95. The molecular weight excluding hydrogens is 418 g/mol. The highest BCUT2D eigenvalue weighted by Crippen LogP contribution is 2.68. The Morgan fingerprint density at radius 3 is 2.21 bits per heavy atom. The molecular formula is C28H28F2N2O. The second-order valence-electron chi connectivity index (χ2n) is 8.96. The van der Waals surface area contributed by atoms with E-state index >= 15 is 0 Å². The summed E-state index contributed by atoms with van der Waals surface area (Å²) in [6, 6.07) is 16.9. The van der Waals surface area contributed by atoms with E-state index in [4.69, 9.17) is 0 Å². The van der Waals surface area contributed by atoms with E-state index in [1.807, 2.05) is 18.3 Å². The van der Waals surface area contributed by atoms with Crippen LogP contribution < -0.4 is 5.32 Å². The molecule has 170 valence electrons. The molecule has 1 heterocycles. The first-order valence-corrected chi connectivity index (χ1v) is 11.3. The van der Waals surface area contributed by atoms with Crippen molar-refractivity contribution in [2.24, 2.45) is 5.41 Å². The van der Waals surface area contributed by atoms with Crippen molar-refractivity contribution in [1.29, 1.82) is 0 Å². The van der Waals surface area contributed by atoms with Gasteiger partial charge in [0.15, 0.2) is 0 Å². The Balaban J connectivity index is 1.39. The standard InChI is InChI=1S/C28H28F2N2O/c1-27(16-15-26(33)32-18-3-2-5-21-6-4-17-31-19-21)20-28(27,22-7-11-24(29)12-8-22)23-9-13-25(30)14-10-23/h4,6-17,19H,2-3,5,18,20H2,1H3,(H,32,33)/t27-/m0/s1. The van der Waals surface area contributed by atoms with Crippen LogP contribution in [0.3, 0.4) is 0 Å². The van der Waals surface area contributed by atoms with E-state index in [0.717, 1.165) is 36.8 Å². The van der Waals surface area contributed by atoms with E-state index < -0.39 is 5.41 Å². The molecule has 0 saturated heterocycles. The number of benzene rings is 2. The Bertz CT molecular complexity index is 1070. The van der Waals surface area contributed by atoms with Crippen molar-refractivity contribution in [3.8, 4) is 0 Å². The van der Waals surface area contributed by atoms with Crippen LogP contribution in [0.15, 0.2) is 85.2 Å². The molecule has 0 bridgehead atoms. The van der Waals surface area contributed by atoms with Gasteiger partial charge in [-0.2, -0.15) is 0 Å². The minimum absolute atomic E-state index is 0.128. The molecule has 1 saturated carbocycles. The van der Waals surface area contributed by atoms with Crippen molar-refractivity contribution in [1.82, 2.24) is 10.3 Å². The molecule has 2 aromatic carbocycles. The molecule has 0 spiro atoms. The fourth-order valence-electron chi connectivity index (χ4n) is 4.74. The topological polar surface area (TPSA) is 42.0 Å². The van der Waals surface area contributed by atoms with Gasteiger partial charge in [-0.15, -0.1) is 0 Å². The van der Waals surface area contributed by atoms with Gasteiger partial charge in [-0.1, -0.05) is 43.3 Å². The van der Waals surface area contributed by atoms with Crippen LogP contribution in [-0.2, 0) is 16.6 Å². The third kappa shape index (κ3) is 5.03. The monoisotopic (exact) mass is 446 g/mol. The van der Waals surface area contributed by atoms with Crippen molar-refractivity contribution in [2.75, 3.05) is 6.54 Å². The largest absolute Gasteiger partial charge is 0.353 e. The zero-order chi connectivity index (χ0) is 23.3. The summed E-state index contributed by atoms with van der Waals surface area (Å²) in [6.45, 7) is 2.69. The SMILES string of the molecule is C[C@]1(C=CC(=O)NCCCCc2cccnc2)CC1(c1ccc(F)cc1)c1ccc(F)cc1. The molecule has 1 N–H and O–H groups in total. The van der Waals surface area contributed by atoms with Gasteiger partial charge < -0.3 is 5.32 Å². The van der Waals surface area contributed by atoms with Crippen molar-refractivity contribution < 1.29 is 13.6 Å². The van der Waals surface area contributed by atoms with Gasteiger partial charge in [0.2, 0.25) is 5.91 Å². The quantitative estimate of drug-likeness (QED) is 0.336. The molecule has 1 atom stereocenters. The summed E-state index contributed by atoms with van der Waals surface area (Å²) >= 11 is 0. The summed E-state index contributed by atoms with van der Waals surface area (Å²) in [5.74, 6) is -0.723. The van der Waals surface area contributed by atoms with E-state index in [1.165, 1.54) is 29.8 Å². The Morgan fingerprint density at radius 2 is 1.64 bits per heavy atom. The van der Waals surface area contributed by atoms with Crippen molar-refractivity contribution >= 4 is 5.91 Å². The van der Waals surface area contributed by atoms with Crippen molar-refractivity contribution in [3.05, 3.63) is 114 Å². The highest BCUT2D eigenvalue weighted by atomic mass is 19.1. The number of halogens is 2. The summed E-state index contributed by atoms with van der Waals surface area (Å²) < 4.78 is 27.1.